The zero-order valence-electron chi connectivity index (χ0n) is 7.27. The summed E-state index contributed by atoms with van der Waals surface area (Å²) in [6.45, 7) is 0. The first-order chi connectivity index (χ1) is 6.93. The van der Waals surface area contributed by atoms with E-state index in [1.807, 2.05) is 24.4 Å². The molecule has 0 spiro atoms. The molecule has 1 aliphatic heterocycles. The zero-order chi connectivity index (χ0) is 9.38. The van der Waals surface area contributed by atoms with E-state index in [0.29, 0.717) is 0 Å². The van der Waals surface area contributed by atoms with Crippen molar-refractivity contribution >= 4 is 23.7 Å². The van der Waals surface area contributed by atoms with E-state index in [9.17, 15) is 0 Å². The highest BCUT2D eigenvalue weighted by molar-refractivity contribution is 7.99. The Bertz CT molecular complexity index is 502. The highest BCUT2D eigenvalue weighted by Crippen LogP contribution is 2.37. The second kappa shape index (κ2) is 2.99. The van der Waals surface area contributed by atoms with Crippen molar-refractivity contribution in [1.82, 2.24) is 10.2 Å². The largest absolute Gasteiger partial charge is 0.271 e. The summed E-state index contributed by atoms with van der Waals surface area (Å²) in [7, 11) is 0. The first-order valence-electron chi connectivity index (χ1n) is 4.28. The molecule has 1 aromatic heterocycles. The number of fused-ring (bicyclic) bond motifs is 2. The van der Waals surface area contributed by atoms with Crippen molar-refractivity contribution in [2.45, 2.75) is 9.92 Å². The first-order valence-corrected chi connectivity index (χ1v) is 5.09. The predicted octanol–water partition coefficient (Wildman–Crippen LogP) is 2.62. The molecule has 3 nitrogen and oxygen atoms in total. The molecule has 68 valence electrons. The van der Waals surface area contributed by atoms with E-state index in [1.165, 1.54) is 0 Å². The second-order valence-electron chi connectivity index (χ2n) is 2.98. The van der Waals surface area contributed by atoms with Crippen LogP contribution >= 0.6 is 11.8 Å². The molecule has 2 aromatic rings. The lowest BCUT2D eigenvalue weighted by molar-refractivity contribution is 1.00. The fourth-order valence-electron chi connectivity index (χ4n) is 1.36. The van der Waals surface area contributed by atoms with Crippen molar-refractivity contribution < 1.29 is 0 Å². The van der Waals surface area contributed by atoms with E-state index < -0.39 is 0 Å². The fraction of sp³-hybridized carbons (Fsp3) is 0. The van der Waals surface area contributed by atoms with Crippen molar-refractivity contribution in [2.24, 2.45) is 4.99 Å². The van der Waals surface area contributed by atoms with Gasteiger partial charge in [0, 0.05) is 16.7 Å². The van der Waals surface area contributed by atoms with Crippen LogP contribution in [0, 0.1) is 0 Å². The van der Waals surface area contributed by atoms with Crippen molar-refractivity contribution in [3.63, 3.8) is 0 Å². The lowest BCUT2D eigenvalue weighted by atomic mass is 10.3. The van der Waals surface area contributed by atoms with Gasteiger partial charge < -0.3 is 0 Å². The summed E-state index contributed by atoms with van der Waals surface area (Å²) in [5.41, 5.74) is 2.06. The van der Waals surface area contributed by atoms with Gasteiger partial charge in [-0.3, -0.25) is 10.1 Å². The molecule has 0 saturated carbocycles. The molecule has 0 fully saturated rings. The molecule has 2 heterocycles. The molecule has 1 aromatic carbocycles. The van der Waals surface area contributed by atoms with Crippen LogP contribution in [0.15, 0.2) is 45.4 Å². The Balaban J connectivity index is 2.19. The smallest absolute Gasteiger partial charge is 0.104 e. The van der Waals surface area contributed by atoms with Crippen molar-refractivity contribution in [2.75, 3.05) is 0 Å². The monoisotopic (exact) mass is 201 g/mol. The Kier molecular flexibility index (Phi) is 1.67. The molecule has 1 aliphatic rings. The Labute approximate surface area is 85.3 Å². The Morgan fingerprint density at radius 3 is 3.14 bits per heavy atom. The molecule has 0 bridgehead atoms. The predicted molar refractivity (Wildman–Crippen MR) is 56.4 cm³/mol. The maximum atomic E-state index is 4.39. The van der Waals surface area contributed by atoms with Gasteiger partial charge in [0.25, 0.3) is 0 Å². The number of aliphatic imine (C=N–C) groups is 1. The Morgan fingerprint density at radius 1 is 1.21 bits per heavy atom. The fourth-order valence-corrected chi connectivity index (χ4v) is 2.27. The second-order valence-corrected chi connectivity index (χ2v) is 4.03. The molecule has 3 rings (SSSR count). The van der Waals surface area contributed by atoms with Gasteiger partial charge in [-0.05, 0) is 12.1 Å². The van der Waals surface area contributed by atoms with Crippen LogP contribution < -0.4 is 0 Å². The van der Waals surface area contributed by atoms with E-state index >= 15 is 0 Å². The molecule has 0 atom stereocenters. The van der Waals surface area contributed by atoms with E-state index in [-0.39, 0.29) is 0 Å². The van der Waals surface area contributed by atoms with Crippen LogP contribution in [0.1, 0.15) is 5.56 Å². The molecule has 1 N–H and O–H groups in total. The maximum Gasteiger partial charge on any atom is 0.104 e. The van der Waals surface area contributed by atoms with Crippen LogP contribution in [0.25, 0.3) is 0 Å². The number of nitrogens with one attached hydrogen (secondary N) is 1. The molecule has 0 amide bonds. The van der Waals surface area contributed by atoms with Crippen molar-refractivity contribution in [3.05, 3.63) is 36.0 Å². The number of nitrogens with zero attached hydrogens (tertiary/aromatic N) is 2. The van der Waals surface area contributed by atoms with E-state index in [1.54, 1.807) is 18.0 Å². The standard InChI is InChI=1S/C10H7N3S/c1-2-4-9-8(3-1)11-5-7-6-12-13-10(7)14-9/h1-6H,(H,12,13). The summed E-state index contributed by atoms with van der Waals surface area (Å²) in [5, 5.41) is 8.00. The van der Waals surface area contributed by atoms with Crippen LogP contribution in [0.3, 0.4) is 0 Å². The normalized spacial score (nSPS) is 13.1. The summed E-state index contributed by atoms with van der Waals surface area (Å²) >= 11 is 1.67. The van der Waals surface area contributed by atoms with Gasteiger partial charge in [-0.15, -0.1) is 0 Å². The van der Waals surface area contributed by atoms with E-state index in [0.717, 1.165) is 21.2 Å². The minimum absolute atomic E-state index is 1.02. The molecule has 4 heteroatoms. The van der Waals surface area contributed by atoms with Gasteiger partial charge in [-0.25, -0.2) is 0 Å². The van der Waals surface area contributed by atoms with Gasteiger partial charge in [0.05, 0.1) is 11.9 Å². The summed E-state index contributed by atoms with van der Waals surface area (Å²) in [5.74, 6) is 0. The number of aromatic nitrogens is 2. The average Bonchev–Trinajstić information content (AvgIpc) is 2.58. The summed E-state index contributed by atoms with van der Waals surface area (Å²) in [6.07, 6.45) is 3.63. The van der Waals surface area contributed by atoms with Gasteiger partial charge in [0.2, 0.25) is 0 Å². The molecular formula is C10H7N3S. The van der Waals surface area contributed by atoms with E-state index in [4.69, 9.17) is 0 Å². The molecule has 0 radical (unpaired) electrons. The SMILES string of the molecule is C1=Nc2ccccc2Sc2[nH]ncc21. The minimum atomic E-state index is 1.02. The van der Waals surface area contributed by atoms with Crippen LogP contribution in [-0.4, -0.2) is 16.4 Å². The average molecular weight is 201 g/mol. The van der Waals surface area contributed by atoms with Crippen molar-refractivity contribution in [1.29, 1.82) is 0 Å². The lowest BCUT2D eigenvalue weighted by Gasteiger charge is -1.99. The number of para-hydroxylation sites is 1. The summed E-state index contributed by atoms with van der Waals surface area (Å²) in [4.78, 5) is 5.55. The van der Waals surface area contributed by atoms with Gasteiger partial charge in [0.15, 0.2) is 0 Å². The highest BCUT2D eigenvalue weighted by Gasteiger charge is 2.11. The first kappa shape index (κ1) is 7.82. The number of rotatable bonds is 0. The van der Waals surface area contributed by atoms with Gasteiger partial charge in [-0.2, -0.15) is 5.10 Å². The summed E-state index contributed by atoms with van der Waals surface area (Å²) in [6, 6.07) is 8.09. The van der Waals surface area contributed by atoms with Gasteiger partial charge in [0.1, 0.15) is 5.03 Å². The number of hydrogen-bond donors (Lipinski definition) is 1. The van der Waals surface area contributed by atoms with Crippen LogP contribution in [0.5, 0.6) is 0 Å². The van der Waals surface area contributed by atoms with Crippen molar-refractivity contribution in [3.8, 4) is 0 Å². The van der Waals surface area contributed by atoms with Crippen LogP contribution in [-0.2, 0) is 0 Å². The molecule has 0 unspecified atom stereocenters. The Hall–Kier alpha value is -1.55. The third-order valence-electron chi connectivity index (χ3n) is 2.05. The van der Waals surface area contributed by atoms with Crippen LogP contribution in [0.2, 0.25) is 0 Å². The molecular weight excluding hydrogens is 194 g/mol. The van der Waals surface area contributed by atoms with Gasteiger partial charge >= 0.3 is 0 Å². The number of hydrogen-bond acceptors (Lipinski definition) is 3. The minimum Gasteiger partial charge on any atom is -0.271 e. The zero-order valence-corrected chi connectivity index (χ0v) is 8.08. The number of aromatic amines is 1. The quantitative estimate of drug-likeness (QED) is 0.607. The van der Waals surface area contributed by atoms with E-state index in [2.05, 4.69) is 21.3 Å². The third kappa shape index (κ3) is 1.15. The Morgan fingerprint density at radius 2 is 2.14 bits per heavy atom. The number of benzene rings is 1. The van der Waals surface area contributed by atoms with Gasteiger partial charge in [-0.1, -0.05) is 23.9 Å². The third-order valence-corrected chi connectivity index (χ3v) is 3.15. The molecule has 0 aliphatic carbocycles. The molecule has 0 saturated heterocycles. The highest BCUT2D eigenvalue weighted by atomic mass is 32.2. The maximum absolute atomic E-state index is 4.39. The molecule has 14 heavy (non-hydrogen) atoms. The topological polar surface area (TPSA) is 41.0 Å². The lowest BCUT2D eigenvalue weighted by Crippen LogP contribution is -1.76. The van der Waals surface area contributed by atoms with Crippen LogP contribution in [0.4, 0.5) is 5.69 Å². The summed E-state index contributed by atoms with van der Waals surface area (Å²) < 4.78 is 0. The number of H-pyrrole nitrogens is 1.